The Kier molecular flexibility index (Phi) is 5.79. The van der Waals surface area contributed by atoms with Crippen LogP contribution in [0.25, 0.3) is 0 Å². The van der Waals surface area contributed by atoms with Gasteiger partial charge in [0.25, 0.3) is 5.91 Å². The van der Waals surface area contributed by atoms with Crippen molar-refractivity contribution in [3.8, 4) is 0 Å². The Morgan fingerprint density at radius 3 is 2.08 bits per heavy atom. The molecule has 2 aromatic carbocycles. The first-order valence-corrected chi connectivity index (χ1v) is 9.30. The molecule has 0 heterocycles. The lowest BCUT2D eigenvalue weighted by molar-refractivity contribution is -0.119. The molecule has 0 saturated heterocycles. The predicted octanol–water partition coefficient (Wildman–Crippen LogP) is 2.05. The van der Waals surface area contributed by atoms with Crippen LogP contribution in [-0.2, 0) is 19.6 Å². The second-order valence-corrected chi connectivity index (χ2v) is 7.53. The highest BCUT2D eigenvalue weighted by molar-refractivity contribution is 7.89. The summed E-state index contributed by atoms with van der Waals surface area (Å²) >= 11 is 0. The first-order chi connectivity index (χ1) is 12.1. The molecule has 138 valence electrons. The van der Waals surface area contributed by atoms with Gasteiger partial charge in [-0.15, -0.1) is 0 Å². The monoisotopic (exact) mass is 376 g/mol. The second-order valence-electron chi connectivity index (χ2n) is 5.97. The molecular formula is C18H20N2O5S. The summed E-state index contributed by atoms with van der Waals surface area (Å²) in [6, 6.07) is 8.84. The number of nitrogens with one attached hydrogen (secondary N) is 1. The van der Waals surface area contributed by atoms with Crippen molar-refractivity contribution in [2.45, 2.75) is 25.7 Å². The first-order valence-electron chi connectivity index (χ1n) is 7.75. The van der Waals surface area contributed by atoms with E-state index < -0.39 is 28.5 Å². The molecule has 0 saturated carbocycles. The van der Waals surface area contributed by atoms with E-state index in [1.807, 2.05) is 32.9 Å². The number of hydrogen-bond donors (Lipinski definition) is 2. The van der Waals surface area contributed by atoms with Gasteiger partial charge in [-0.05, 0) is 56.2 Å². The third kappa shape index (κ3) is 4.90. The predicted molar refractivity (Wildman–Crippen MR) is 97.4 cm³/mol. The lowest BCUT2D eigenvalue weighted by Crippen LogP contribution is -2.22. The highest BCUT2D eigenvalue weighted by Gasteiger charge is 2.14. The van der Waals surface area contributed by atoms with Gasteiger partial charge in [0.1, 0.15) is 0 Å². The summed E-state index contributed by atoms with van der Waals surface area (Å²) in [5.74, 6) is -1.20. The smallest absolute Gasteiger partial charge is 0.338 e. The molecule has 0 unspecified atom stereocenters. The summed E-state index contributed by atoms with van der Waals surface area (Å²) in [4.78, 5) is 23.9. The average Bonchev–Trinajstić information content (AvgIpc) is 2.55. The van der Waals surface area contributed by atoms with Crippen LogP contribution in [0.2, 0.25) is 0 Å². The zero-order valence-electron chi connectivity index (χ0n) is 14.7. The van der Waals surface area contributed by atoms with Gasteiger partial charge < -0.3 is 10.1 Å². The van der Waals surface area contributed by atoms with Crippen LogP contribution in [0.4, 0.5) is 5.69 Å². The Balaban J connectivity index is 1.98. The highest BCUT2D eigenvalue weighted by Crippen LogP contribution is 2.21. The Morgan fingerprint density at radius 2 is 1.58 bits per heavy atom. The van der Waals surface area contributed by atoms with E-state index in [9.17, 15) is 18.0 Å². The molecule has 7 nitrogen and oxygen atoms in total. The van der Waals surface area contributed by atoms with Crippen molar-refractivity contribution < 1.29 is 22.7 Å². The molecule has 0 atom stereocenters. The van der Waals surface area contributed by atoms with Crippen molar-refractivity contribution in [2.75, 3.05) is 11.9 Å². The van der Waals surface area contributed by atoms with Gasteiger partial charge in [-0.1, -0.05) is 17.7 Å². The number of benzene rings is 2. The Labute approximate surface area is 152 Å². The summed E-state index contributed by atoms with van der Waals surface area (Å²) in [5.41, 5.74) is 3.73. The fourth-order valence-corrected chi connectivity index (χ4v) is 3.06. The van der Waals surface area contributed by atoms with E-state index in [2.05, 4.69) is 5.32 Å². The largest absolute Gasteiger partial charge is 0.452 e. The molecule has 2 aromatic rings. The number of nitrogens with two attached hydrogens (primary N) is 1. The van der Waals surface area contributed by atoms with Crippen molar-refractivity contribution >= 4 is 27.6 Å². The summed E-state index contributed by atoms with van der Waals surface area (Å²) < 4.78 is 27.3. The SMILES string of the molecule is Cc1cc(C)c(NC(=O)COC(=O)c2ccc(S(N)(=O)=O)cc2)c(C)c1. The zero-order chi connectivity index (χ0) is 19.5. The molecule has 0 aromatic heterocycles. The highest BCUT2D eigenvalue weighted by atomic mass is 32.2. The van der Waals surface area contributed by atoms with Crippen LogP contribution < -0.4 is 10.5 Å². The Morgan fingerprint density at radius 1 is 1.04 bits per heavy atom. The minimum Gasteiger partial charge on any atom is -0.452 e. The molecule has 0 aliphatic rings. The third-order valence-corrected chi connectivity index (χ3v) is 4.62. The number of aryl methyl sites for hydroxylation is 3. The van der Waals surface area contributed by atoms with Crippen molar-refractivity contribution in [1.82, 2.24) is 0 Å². The molecule has 0 aliphatic heterocycles. The first kappa shape index (κ1) is 19.6. The van der Waals surface area contributed by atoms with E-state index in [0.717, 1.165) is 16.7 Å². The number of primary sulfonamides is 1. The van der Waals surface area contributed by atoms with Crippen molar-refractivity contribution in [3.05, 3.63) is 58.7 Å². The van der Waals surface area contributed by atoms with Gasteiger partial charge >= 0.3 is 5.97 Å². The number of carbonyl (C=O) groups is 2. The van der Waals surface area contributed by atoms with Crippen LogP contribution in [0, 0.1) is 20.8 Å². The molecule has 0 fully saturated rings. The van der Waals surface area contributed by atoms with E-state index in [1.54, 1.807) is 0 Å². The molecule has 26 heavy (non-hydrogen) atoms. The number of hydrogen-bond acceptors (Lipinski definition) is 5. The van der Waals surface area contributed by atoms with Gasteiger partial charge in [0.15, 0.2) is 6.61 Å². The molecule has 8 heteroatoms. The quantitative estimate of drug-likeness (QED) is 0.775. The minimum atomic E-state index is -3.83. The van der Waals surface area contributed by atoms with Gasteiger partial charge in [0.2, 0.25) is 10.0 Å². The van der Waals surface area contributed by atoms with Crippen LogP contribution >= 0.6 is 0 Å². The van der Waals surface area contributed by atoms with Crippen molar-refractivity contribution in [3.63, 3.8) is 0 Å². The maximum absolute atomic E-state index is 12.0. The fourth-order valence-electron chi connectivity index (χ4n) is 2.55. The van der Waals surface area contributed by atoms with Crippen LogP contribution in [0.5, 0.6) is 0 Å². The minimum absolute atomic E-state index is 0.114. The van der Waals surface area contributed by atoms with Crippen molar-refractivity contribution in [2.24, 2.45) is 5.14 Å². The lowest BCUT2D eigenvalue weighted by Gasteiger charge is -2.13. The second kappa shape index (κ2) is 7.67. The summed E-state index contributed by atoms with van der Waals surface area (Å²) in [6.07, 6.45) is 0. The molecular weight excluding hydrogens is 356 g/mol. The molecule has 1 amide bonds. The number of carbonyl (C=O) groups excluding carboxylic acids is 2. The molecule has 0 spiro atoms. The number of ether oxygens (including phenoxy) is 1. The van der Waals surface area contributed by atoms with Gasteiger partial charge in [-0.2, -0.15) is 0 Å². The summed E-state index contributed by atoms with van der Waals surface area (Å²) in [7, 11) is -3.83. The summed E-state index contributed by atoms with van der Waals surface area (Å²) in [6.45, 7) is 5.28. The number of rotatable bonds is 5. The molecule has 0 aliphatic carbocycles. The Hall–Kier alpha value is -2.71. The van der Waals surface area contributed by atoms with Gasteiger partial charge in [-0.25, -0.2) is 18.4 Å². The fraction of sp³-hybridized carbons (Fsp3) is 0.222. The maximum atomic E-state index is 12.0. The topological polar surface area (TPSA) is 116 Å². The summed E-state index contributed by atoms with van der Waals surface area (Å²) in [5, 5.41) is 7.72. The molecule has 2 rings (SSSR count). The number of amides is 1. The zero-order valence-corrected chi connectivity index (χ0v) is 15.5. The number of anilines is 1. The van der Waals surface area contributed by atoms with Gasteiger partial charge in [-0.3, -0.25) is 4.79 Å². The molecule has 0 radical (unpaired) electrons. The van der Waals surface area contributed by atoms with E-state index in [0.29, 0.717) is 5.69 Å². The Bertz CT molecular complexity index is 927. The van der Waals surface area contributed by atoms with Crippen LogP contribution in [0.15, 0.2) is 41.3 Å². The van der Waals surface area contributed by atoms with Crippen LogP contribution in [-0.4, -0.2) is 26.9 Å². The van der Waals surface area contributed by atoms with E-state index in [1.165, 1.54) is 24.3 Å². The maximum Gasteiger partial charge on any atom is 0.338 e. The van der Waals surface area contributed by atoms with Crippen LogP contribution in [0.3, 0.4) is 0 Å². The average molecular weight is 376 g/mol. The van der Waals surface area contributed by atoms with Crippen molar-refractivity contribution in [1.29, 1.82) is 0 Å². The third-order valence-electron chi connectivity index (χ3n) is 3.69. The molecule has 3 N–H and O–H groups in total. The van der Waals surface area contributed by atoms with Crippen LogP contribution in [0.1, 0.15) is 27.0 Å². The van der Waals surface area contributed by atoms with E-state index >= 15 is 0 Å². The number of esters is 1. The molecule has 0 bridgehead atoms. The van der Waals surface area contributed by atoms with E-state index in [4.69, 9.17) is 9.88 Å². The number of sulfonamides is 1. The van der Waals surface area contributed by atoms with Gasteiger partial charge in [0, 0.05) is 5.69 Å². The van der Waals surface area contributed by atoms with E-state index in [-0.39, 0.29) is 10.5 Å². The standard InChI is InChI=1S/C18H20N2O5S/c1-11-8-12(2)17(13(3)9-11)20-16(21)10-25-18(22)14-4-6-15(7-5-14)26(19,23)24/h4-9H,10H2,1-3H3,(H,20,21)(H2,19,23,24). The van der Waals surface area contributed by atoms with Gasteiger partial charge in [0.05, 0.1) is 10.5 Å². The normalized spacial score (nSPS) is 11.1. The lowest BCUT2D eigenvalue weighted by atomic mass is 10.1.